The van der Waals surface area contributed by atoms with E-state index in [1.54, 1.807) is 17.8 Å². The molecule has 6 heteroatoms. The van der Waals surface area contributed by atoms with Crippen LogP contribution in [0.4, 0.5) is 0 Å². The van der Waals surface area contributed by atoms with E-state index in [0.29, 0.717) is 9.35 Å². The SMILES string of the molecule is CC(O)C(=S)Sc1nncn1C. The first kappa shape index (κ1) is 9.63. The Morgan fingerprint density at radius 2 is 2.50 bits per heavy atom. The molecule has 0 fully saturated rings. The van der Waals surface area contributed by atoms with Gasteiger partial charge in [-0.2, -0.15) is 0 Å². The van der Waals surface area contributed by atoms with E-state index in [9.17, 15) is 0 Å². The summed E-state index contributed by atoms with van der Waals surface area (Å²) in [5.74, 6) is 0. The van der Waals surface area contributed by atoms with Crippen molar-refractivity contribution in [1.29, 1.82) is 0 Å². The number of rotatable bonds is 2. The summed E-state index contributed by atoms with van der Waals surface area (Å²) in [7, 11) is 1.83. The van der Waals surface area contributed by atoms with Gasteiger partial charge >= 0.3 is 0 Å². The molecule has 1 rings (SSSR count). The minimum atomic E-state index is -0.596. The predicted octanol–water partition coefficient (Wildman–Crippen LogP) is 0.615. The molecule has 0 radical (unpaired) electrons. The molecular formula is C6H9N3OS2. The van der Waals surface area contributed by atoms with Crippen LogP contribution < -0.4 is 0 Å². The first-order chi connectivity index (χ1) is 5.61. The van der Waals surface area contributed by atoms with E-state index in [1.807, 2.05) is 7.05 Å². The molecule has 1 heterocycles. The Morgan fingerprint density at radius 3 is 2.92 bits per heavy atom. The number of nitrogens with zero attached hydrogens (tertiary/aromatic N) is 3. The Morgan fingerprint density at radius 1 is 1.83 bits per heavy atom. The molecule has 4 nitrogen and oxygen atoms in total. The molecule has 0 saturated heterocycles. The number of aliphatic hydroxyl groups is 1. The second-order valence-corrected chi connectivity index (χ2v) is 4.03. The van der Waals surface area contributed by atoms with Gasteiger partial charge in [0.15, 0.2) is 5.16 Å². The Balaban J connectivity index is 2.64. The zero-order valence-corrected chi connectivity index (χ0v) is 8.39. The van der Waals surface area contributed by atoms with Crippen LogP contribution in [0.3, 0.4) is 0 Å². The molecule has 0 amide bonds. The van der Waals surface area contributed by atoms with Crippen LogP contribution in [0.2, 0.25) is 0 Å². The van der Waals surface area contributed by atoms with Crippen molar-refractivity contribution in [1.82, 2.24) is 14.8 Å². The minimum absolute atomic E-state index is 0.506. The van der Waals surface area contributed by atoms with Crippen LogP contribution in [0.25, 0.3) is 0 Å². The van der Waals surface area contributed by atoms with Gasteiger partial charge in [0.25, 0.3) is 0 Å². The van der Waals surface area contributed by atoms with Gasteiger partial charge in [-0.1, -0.05) is 12.2 Å². The van der Waals surface area contributed by atoms with Gasteiger partial charge in [0.1, 0.15) is 6.33 Å². The average molecular weight is 203 g/mol. The maximum absolute atomic E-state index is 9.09. The molecule has 1 N–H and O–H groups in total. The van der Waals surface area contributed by atoms with Gasteiger partial charge in [-0.15, -0.1) is 10.2 Å². The molecule has 0 spiro atoms. The maximum Gasteiger partial charge on any atom is 0.196 e. The van der Waals surface area contributed by atoms with Crippen molar-refractivity contribution in [3.63, 3.8) is 0 Å². The molecule has 66 valence electrons. The zero-order chi connectivity index (χ0) is 9.14. The molecule has 1 atom stereocenters. The summed E-state index contributed by atoms with van der Waals surface area (Å²) >= 11 is 6.17. The van der Waals surface area contributed by atoms with E-state index in [4.69, 9.17) is 17.3 Å². The highest BCUT2D eigenvalue weighted by molar-refractivity contribution is 8.23. The normalized spacial score (nSPS) is 12.9. The number of hydrogen-bond donors (Lipinski definition) is 1. The highest BCUT2D eigenvalue weighted by atomic mass is 32.2. The molecular weight excluding hydrogens is 194 g/mol. The predicted molar refractivity (Wildman–Crippen MR) is 51.1 cm³/mol. The molecule has 0 aliphatic heterocycles. The average Bonchev–Trinajstić information content (AvgIpc) is 2.36. The van der Waals surface area contributed by atoms with Crippen molar-refractivity contribution in [3.05, 3.63) is 6.33 Å². The lowest BCUT2D eigenvalue weighted by Crippen LogP contribution is -2.10. The highest BCUT2D eigenvalue weighted by Crippen LogP contribution is 2.17. The van der Waals surface area contributed by atoms with Crippen molar-refractivity contribution < 1.29 is 5.11 Å². The number of aliphatic hydroxyl groups excluding tert-OH is 1. The largest absolute Gasteiger partial charge is 0.387 e. The quantitative estimate of drug-likeness (QED) is 0.564. The molecule has 12 heavy (non-hydrogen) atoms. The van der Waals surface area contributed by atoms with E-state index < -0.39 is 6.10 Å². The van der Waals surface area contributed by atoms with Crippen LogP contribution in [0.5, 0.6) is 0 Å². The van der Waals surface area contributed by atoms with Gasteiger partial charge in [-0.3, -0.25) is 0 Å². The number of thioether (sulfide) groups is 1. The number of aromatic nitrogens is 3. The molecule has 1 aromatic heterocycles. The lowest BCUT2D eigenvalue weighted by atomic mass is 10.5. The van der Waals surface area contributed by atoms with Crippen molar-refractivity contribution >= 4 is 28.2 Å². The van der Waals surface area contributed by atoms with E-state index in [0.717, 1.165) is 0 Å². The summed E-state index contributed by atoms with van der Waals surface area (Å²) in [6, 6.07) is 0. The summed E-state index contributed by atoms with van der Waals surface area (Å²) in [6.45, 7) is 1.63. The van der Waals surface area contributed by atoms with E-state index in [2.05, 4.69) is 10.2 Å². The van der Waals surface area contributed by atoms with E-state index >= 15 is 0 Å². The molecule has 1 aromatic rings. The summed E-state index contributed by atoms with van der Waals surface area (Å²) in [6.07, 6.45) is 0.995. The Bertz CT molecular complexity index is 284. The topological polar surface area (TPSA) is 50.9 Å². The summed E-state index contributed by atoms with van der Waals surface area (Å²) in [5, 5.41) is 17.3. The molecule has 0 aliphatic carbocycles. The van der Waals surface area contributed by atoms with Crippen LogP contribution in [-0.4, -0.2) is 30.2 Å². The monoisotopic (exact) mass is 203 g/mol. The number of thiocarbonyl (C=S) groups is 1. The fraction of sp³-hybridized carbons (Fsp3) is 0.500. The van der Waals surface area contributed by atoms with Crippen molar-refractivity contribution in [2.75, 3.05) is 0 Å². The Hall–Kier alpha value is -0.460. The molecule has 1 unspecified atom stereocenters. The molecule has 0 aliphatic rings. The zero-order valence-electron chi connectivity index (χ0n) is 6.76. The van der Waals surface area contributed by atoms with Crippen LogP contribution >= 0.6 is 24.0 Å². The van der Waals surface area contributed by atoms with Crippen molar-refractivity contribution in [3.8, 4) is 0 Å². The number of aryl methyl sites for hydroxylation is 1. The Kier molecular flexibility index (Phi) is 3.19. The van der Waals surface area contributed by atoms with Gasteiger partial charge in [-0.05, 0) is 18.7 Å². The van der Waals surface area contributed by atoms with Crippen LogP contribution in [0, 0.1) is 0 Å². The summed E-state index contributed by atoms with van der Waals surface area (Å²) < 4.78 is 2.26. The van der Waals surface area contributed by atoms with Gasteiger partial charge in [0.2, 0.25) is 0 Å². The van der Waals surface area contributed by atoms with Gasteiger partial charge < -0.3 is 9.67 Å². The third-order valence-electron chi connectivity index (χ3n) is 1.20. The fourth-order valence-corrected chi connectivity index (χ4v) is 1.39. The van der Waals surface area contributed by atoms with Crippen LogP contribution in [0.1, 0.15) is 6.92 Å². The lowest BCUT2D eigenvalue weighted by molar-refractivity contribution is 0.267. The number of hydrogen-bond acceptors (Lipinski definition) is 5. The fourth-order valence-electron chi connectivity index (χ4n) is 0.540. The lowest BCUT2D eigenvalue weighted by Gasteiger charge is -2.03. The van der Waals surface area contributed by atoms with Crippen LogP contribution in [-0.2, 0) is 7.05 Å². The third kappa shape index (κ3) is 2.26. The second kappa shape index (κ2) is 3.97. The maximum atomic E-state index is 9.09. The van der Waals surface area contributed by atoms with E-state index in [1.165, 1.54) is 11.8 Å². The molecule has 0 saturated carbocycles. The first-order valence-corrected chi connectivity index (χ1v) is 4.57. The van der Waals surface area contributed by atoms with Crippen molar-refractivity contribution in [2.24, 2.45) is 7.05 Å². The summed E-state index contributed by atoms with van der Waals surface area (Å²) in [4.78, 5) is 0. The molecule has 0 bridgehead atoms. The third-order valence-corrected chi connectivity index (χ3v) is 2.89. The van der Waals surface area contributed by atoms with Gasteiger partial charge in [0.05, 0.1) is 10.3 Å². The highest BCUT2D eigenvalue weighted by Gasteiger charge is 2.09. The second-order valence-electron chi connectivity index (χ2n) is 2.32. The first-order valence-electron chi connectivity index (χ1n) is 3.35. The molecule has 0 aromatic carbocycles. The summed E-state index contributed by atoms with van der Waals surface area (Å²) in [5.41, 5.74) is 0. The van der Waals surface area contributed by atoms with Gasteiger partial charge in [-0.25, -0.2) is 0 Å². The minimum Gasteiger partial charge on any atom is -0.387 e. The Labute approximate surface area is 80.0 Å². The van der Waals surface area contributed by atoms with Gasteiger partial charge in [0, 0.05) is 7.05 Å². The van der Waals surface area contributed by atoms with Crippen LogP contribution in [0.15, 0.2) is 11.5 Å². The van der Waals surface area contributed by atoms with Crippen molar-refractivity contribution in [2.45, 2.75) is 18.2 Å². The standard InChI is InChI=1S/C6H9N3OS2/c1-4(10)5(11)12-6-8-7-3-9(6)2/h3-4,10H,1-2H3. The van der Waals surface area contributed by atoms with E-state index in [-0.39, 0.29) is 0 Å². The smallest absolute Gasteiger partial charge is 0.196 e.